The van der Waals surface area contributed by atoms with Crippen LogP contribution >= 0.6 is 12.4 Å². The quantitative estimate of drug-likeness (QED) is 0.512. The second-order valence-corrected chi connectivity index (χ2v) is 7.80. The van der Waals surface area contributed by atoms with Crippen LogP contribution in [0.1, 0.15) is 64.2 Å². The summed E-state index contributed by atoms with van der Waals surface area (Å²) in [4.78, 5) is 20.0. The van der Waals surface area contributed by atoms with E-state index in [4.69, 9.17) is 11.5 Å². The average molecular weight is 498 g/mol. The van der Waals surface area contributed by atoms with Crippen LogP contribution in [-0.2, 0) is 12.4 Å². The molecule has 0 saturated heterocycles. The number of aryl methyl sites for hydroxylation is 1. The molecule has 1 aromatic carbocycles. The van der Waals surface area contributed by atoms with Crippen LogP contribution in [-0.4, -0.2) is 21.9 Å². The lowest BCUT2D eigenvalue weighted by Crippen LogP contribution is -2.29. The Morgan fingerprint density at radius 3 is 2.15 bits per heavy atom. The molecule has 1 saturated carbocycles. The largest absolute Gasteiger partial charge is 0.416 e. The average Bonchev–Trinajstić information content (AvgIpc) is 2.69. The summed E-state index contributed by atoms with van der Waals surface area (Å²) in [6.45, 7) is 1.74. The lowest BCUT2D eigenvalue weighted by Gasteiger charge is -2.32. The van der Waals surface area contributed by atoms with Crippen LogP contribution in [0, 0.1) is 6.92 Å². The Labute approximate surface area is 191 Å². The molecular formula is C20H22ClF6N5O. The Morgan fingerprint density at radius 2 is 1.67 bits per heavy atom. The van der Waals surface area contributed by atoms with Gasteiger partial charge >= 0.3 is 12.4 Å². The van der Waals surface area contributed by atoms with Crippen LogP contribution < -0.4 is 16.8 Å². The standard InChI is InChI=1S/C20H21F6N5O.ClH/c1-9-8-29-18(31-16(9)27)30-12-4-2-10(3-5-12)15-13(17(28)32)6-11(19(21,22)23)7-14(15)20(24,25)26;/h6-8,10,12H,2-5H2,1H3,(H2,28,32)(H3,27,29,30,31);1H. The smallest absolute Gasteiger partial charge is 0.383 e. The second-order valence-electron chi connectivity index (χ2n) is 7.80. The van der Waals surface area contributed by atoms with Gasteiger partial charge in [0.1, 0.15) is 5.82 Å². The van der Waals surface area contributed by atoms with Gasteiger partial charge in [0.15, 0.2) is 0 Å². The van der Waals surface area contributed by atoms with Gasteiger partial charge in [0.25, 0.3) is 0 Å². The van der Waals surface area contributed by atoms with Gasteiger partial charge < -0.3 is 16.8 Å². The molecule has 13 heteroatoms. The number of carbonyl (C=O) groups excluding carboxylic acids is 1. The molecule has 2 aromatic rings. The van der Waals surface area contributed by atoms with Crippen LogP contribution in [0.4, 0.5) is 38.1 Å². The minimum atomic E-state index is -5.08. The maximum absolute atomic E-state index is 13.7. The predicted molar refractivity (Wildman–Crippen MR) is 112 cm³/mol. The molecule has 6 nitrogen and oxygen atoms in total. The number of primary amides is 1. The molecule has 0 unspecified atom stereocenters. The highest BCUT2D eigenvalue weighted by Gasteiger charge is 2.42. The normalized spacial score (nSPS) is 19.0. The minimum absolute atomic E-state index is 0. The number of aromatic nitrogens is 2. The van der Waals surface area contributed by atoms with Crippen LogP contribution in [0.5, 0.6) is 0 Å². The first kappa shape index (κ1) is 26.5. The van der Waals surface area contributed by atoms with Gasteiger partial charge in [-0.3, -0.25) is 4.79 Å². The Bertz CT molecular complexity index is 1020. The lowest BCUT2D eigenvalue weighted by atomic mass is 9.77. The van der Waals surface area contributed by atoms with Gasteiger partial charge in [0.2, 0.25) is 11.9 Å². The molecule has 1 aliphatic carbocycles. The third-order valence-corrected chi connectivity index (χ3v) is 5.56. The molecule has 0 aliphatic heterocycles. The number of carbonyl (C=O) groups is 1. The summed E-state index contributed by atoms with van der Waals surface area (Å²) in [6, 6.07) is 0.282. The molecule has 1 heterocycles. The summed E-state index contributed by atoms with van der Waals surface area (Å²) < 4.78 is 80.5. The molecule has 1 aliphatic rings. The van der Waals surface area contributed by atoms with Crippen molar-refractivity contribution in [3.63, 3.8) is 0 Å². The van der Waals surface area contributed by atoms with Crippen LogP contribution in [0.2, 0.25) is 0 Å². The number of hydrogen-bond donors (Lipinski definition) is 3. The Kier molecular flexibility index (Phi) is 7.72. The first-order chi connectivity index (χ1) is 14.8. The Balaban J connectivity index is 0.00000385. The predicted octanol–water partition coefficient (Wildman–Crippen LogP) is 5.06. The number of nitrogens with one attached hydrogen (secondary N) is 1. The summed E-state index contributed by atoms with van der Waals surface area (Å²) in [7, 11) is 0. The fraction of sp³-hybridized carbons (Fsp3) is 0.450. The van der Waals surface area contributed by atoms with Crippen molar-refractivity contribution in [3.8, 4) is 0 Å². The van der Waals surface area contributed by atoms with E-state index in [2.05, 4.69) is 15.3 Å². The highest BCUT2D eigenvalue weighted by atomic mass is 35.5. The monoisotopic (exact) mass is 497 g/mol. The first-order valence-corrected chi connectivity index (χ1v) is 9.75. The number of hydrogen-bond acceptors (Lipinski definition) is 5. The summed E-state index contributed by atoms with van der Waals surface area (Å²) in [5, 5.41) is 3.07. The fourth-order valence-electron chi connectivity index (χ4n) is 3.93. The van der Waals surface area contributed by atoms with Crippen molar-refractivity contribution in [1.82, 2.24) is 9.97 Å². The van der Waals surface area contributed by atoms with Gasteiger partial charge in [0, 0.05) is 23.4 Å². The number of nitrogens with two attached hydrogens (primary N) is 2. The number of benzene rings is 1. The van der Waals surface area contributed by atoms with Gasteiger partial charge in [0.05, 0.1) is 11.1 Å². The maximum Gasteiger partial charge on any atom is 0.416 e. The molecule has 5 N–H and O–H groups in total. The summed E-state index contributed by atoms with van der Waals surface area (Å²) in [5.41, 5.74) is 7.36. The van der Waals surface area contributed by atoms with Crippen molar-refractivity contribution in [2.24, 2.45) is 5.73 Å². The molecule has 0 spiro atoms. The van der Waals surface area contributed by atoms with E-state index in [1.165, 1.54) is 6.20 Å². The Morgan fingerprint density at radius 1 is 1.06 bits per heavy atom. The van der Waals surface area contributed by atoms with E-state index >= 15 is 0 Å². The zero-order chi connectivity index (χ0) is 23.8. The molecule has 0 atom stereocenters. The molecule has 1 amide bonds. The molecule has 33 heavy (non-hydrogen) atoms. The SMILES string of the molecule is Cc1cnc(NC2CCC(c3c(C(N)=O)cc(C(F)(F)F)cc3C(F)(F)F)CC2)nc1N.Cl. The third kappa shape index (κ3) is 5.98. The highest BCUT2D eigenvalue weighted by Crippen LogP contribution is 2.45. The summed E-state index contributed by atoms with van der Waals surface area (Å²) in [5.74, 6) is -1.54. The van der Waals surface area contributed by atoms with Crippen molar-refractivity contribution >= 4 is 30.1 Å². The Hall–Kier alpha value is -2.76. The number of nitrogen functional groups attached to an aromatic ring is 1. The van der Waals surface area contributed by atoms with E-state index in [-0.39, 0.29) is 43.3 Å². The van der Waals surface area contributed by atoms with Crippen molar-refractivity contribution < 1.29 is 31.1 Å². The summed E-state index contributed by atoms with van der Waals surface area (Å²) in [6.07, 6.45) is -7.42. The molecule has 3 rings (SSSR count). The van der Waals surface area contributed by atoms with Gasteiger partial charge in [-0.1, -0.05) is 0 Å². The zero-order valence-corrected chi connectivity index (χ0v) is 18.2. The van der Waals surface area contributed by atoms with Gasteiger partial charge in [-0.2, -0.15) is 31.3 Å². The van der Waals surface area contributed by atoms with E-state index in [0.29, 0.717) is 30.3 Å². The fourth-order valence-corrected chi connectivity index (χ4v) is 3.93. The molecule has 1 aromatic heterocycles. The van der Waals surface area contributed by atoms with E-state index in [1.54, 1.807) is 6.92 Å². The first-order valence-electron chi connectivity index (χ1n) is 9.75. The van der Waals surface area contributed by atoms with E-state index in [0.717, 1.165) is 0 Å². The van der Waals surface area contributed by atoms with Crippen molar-refractivity contribution in [1.29, 1.82) is 0 Å². The zero-order valence-electron chi connectivity index (χ0n) is 17.3. The second kappa shape index (κ2) is 9.62. The molecule has 182 valence electrons. The third-order valence-electron chi connectivity index (χ3n) is 5.56. The number of alkyl halides is 6. The molecule has 0 bridgehead atoms. The van der Waals surface area contributed by atoms with E-state index in [9.17, 15) is 31.1 Å². The highest BCUT2D eigenvalue weighted by molar-refractivity contribution is 5.95. The molecular weight excluding hydrogens is 476 g/mol. The number of nitrogens with zero attached hydrogens (tertiary/aromatic N) is 2. The molecule has 1 fully saturated rings. The van der Waals surface area contributed by atoms with E-state index in [1.807, 2.05) is 0 Å². The van der Waals surface area contributed by atoms with Gasteiger partial charge in [-0.25, -0.2) is 4.98 Å². The topological polar surface area (TPSA) is 107 Å². The minimum Gasteiger partial charge on any atom is -0.383 e. The lowest BCUT2D eigenvalue weighted by molar-refractivity contribution is -0.143. The van der Waals surface area contributed by atoms with Crippen LogP contribution in [0.3, 0.4) is 0 Å². The van der Waals surface area contributed by atoms with Crippen molar-refractivity contribution in [2.75, 3.05) is 11.1 Å². The number of halogens is 7. The number of amides is 1. The summed E-state index contributed by atoms with van der Waals surface area (Å²) >= 11 is 0. The van der Waals surface area contributed by atoms with Gasteiger partial charge in [-0.05, 0) is 56.2 Å². The van der Waals surface area contributed by atoms with Gasteiger partial charge in [-0.15, -0.1) is 12.4 Å². The maximum atomic E-state index is 13.7. The number of rotatable bonds is 4. The molecule has 0 radical (unpaired) electrons. The van der Waals surface area contributed by atoms with E-state index < -0.39 is 46.4 Å². The number of anilines is 2. The van der Waals surface area contributed by atoms with Crippen LogP contribution in [0.25, 0.3) is 0 Å². The van der Waals surface area contributed by atoms with Crippen molar-refractivity contribution in [3.05, 3.63) is 46.1 Å². The van der Waals surface area contributed by atoms with Crippen molar-refractivity contribution in [2.45, 2.75) is 56.9 Å². The van der Waals surface area contributed by atoms with Crippen LogP contribution in [0.15, 0.2) is 18.3 Å².